The summed E-state index contributed by atoms with van der Waals surface area (Å²) in [5, 5.41) is 0.801. The number of hydrogen-bond donors (Lipinski definition) is 0. The number of benzene rings is 2. The van der Waals surface area contributed by atoms with E-state index in [-0.39, 0.29) is 5.82 Å². The van der Waals surface area contributed by atoms with Crippen LogP contribution in [0.3, 0.4) is 0 Å². The lowest BCUT2D eigenvalue weighted by molar-refractivity contribution is 0.306. The van der Waals surface area contributed by atoms with Gasteiger partial charge in [0.25, 0.3) is 0 Å². The van der Waals surface area contributed by atoms with Gasteiger partial charge in [0.15, 0.2) is 0 Å². The fourth-order valence-electron chi connectivity index (χ4n) is 3.14. The van der Waals surface area contributed by atoms with Crippen molar-refractivity contribution in [2.75, 3.05) is 0 Å². The molecule has 0 amide bonds. The molecule has 0 aliphatic heterocycles. The molecule has 1 heterocycles. The number of rotatable bonds is 3. The van der Waals surface area contributed by atoms with Crippen LogP contribution in [-0.4, -0.2) is 4.98 Å². The van der Waals surface area contributed by atoms with E-state index in [0.29, 0.717) is 6.61 Å². The van der Waals surface area contributed by atoms with Crippen LogP contribution in [0, 0.1) is 5.82 Å². The Labute approximate surface area is 128 Å². The van der Waals surface area contributed by atoms with Crippen molar-refractivity contribution in [2.45, 2.75) is 25.9 Å². The van der Waals surface area contributed by atoms with E-state index < -0.39 is 0 Å². The lowest BCUT2D eigenvalue weighted by Crippen LogP contribution is -1.99. The molecular weight excluding hydrogens is 277 g/mol. The first-order chi connectivity index (χ1) is 10.8. The highest BCUT2D eigenvalue weighted by Crippen LogP contribution is 2.27. The van der Waals surface area contributed by atoms with Gasteiger partial charge in [-0.3, -0.25) is 4.98 Å². The third-order valence-electron chi connectivity index (χ3n) is 4.21. The Morgan fingerprint density at radius 2 is 1.95 bits per heavy atom. The molecule has 0 saturated heterocycles. The zero-order valence-electron chi connectivity index (χ0n) is 12.2. The molecule has 1 aliphatic carbocycles. The summed E-state index contributed by atoms with van der Waals surface area (Å²) in [7, 11) is 0. The lowest BCUT2D eigenvalue weighted by atomic mass is 10.1. The van der Waals surface area contributed by atoms with E-state index in [2.05, 4.69) is 17.1 Å². The van der Waals surface area contributed by atoms with Crippen LogP contribution < -0.4 is 4.74 Å². The van der Waals surface area contributed by atoms with Crippen LogP contribution in [0.5, 0.6) is 5.75 Å². The molecule has 0 fully saturated rings. The molecule has 0 atom stereocenters. The van der Waals surface area contributed by atoms with E-state index >= 15 is 0 Å². The maximum absolute atomic E-state index is 13.7. The second-order valence-corrected chi connectivity index (χ2v) is 5.71. The fourth-order valence-corrected chi connectivity index (χ4v) is 3.14. The predicted molar refractivity (Wildman–Crippen MR) is 84.5 cm³/mol. The first-order valence-electron chi connectivity index (χ1n) is 7.57. The number of aromatic nitrogens is 1. The van der Waals surface area contributed by atoms with Crippen molar-refractivity contribution in [3.8, 4) is 5.75 Å². The number of ether oxygens (including phenoxy) is 1. The van der Waals surface area contributed by atoms with Crippen molar-refractivity contribution < 1.29 is 9.13 Å². The van der Waals surface area contributed by atoms with Crippen molar-refractivity contribution in [3.63, 3.8) is 0 Å². The van der Waals surface area contributed by atoms with Gasteiger partial charge in [-0.15, -0.1) is 0 Å². The summed E-state index contributed by atoms with van der Waals surface area (Å²) in [6.45, 7) is 0.323. The number of pyridine rings is 1. The summed E-state index contributed by atoms with van der Waals surface area (Å²) in [6, 6.07) is 12.9. The summed E-state index contributed by atoms with van der Waals surface area (Å²) in [5.74, 6) is 0.585. The minimum Gasteiger partial charge on any atom is -0.489 e. The van der Waals surface area contributed by atoms with Gasteiger partial charge in [-0.2, -0.15) is 0 Å². The fraction of sp³-hybridized carbons (Fsp3) is 0.211. The molecule has 110 valence electrons. The summed E-state index contributed by atoms with van der Waals surface area (Å²) in [5.41, 5.74) is 4.37. The van der Waals surface area contributed by atoms with Gasteiger partial charge in [0.1, 0.15) is 18.2 Å². The van der Waals surface area contributed by atoms with Crippen LogP contribution in [0.4, 0.5) is 4.39 Å². The van der Waals surface area contributed by atoms with Gasteiger partial charge >= 0.3 is 0 Å². The van der Waals surface area contributed by atoms with Crippen LogP contribution in [0.2, 0.25) is 0 Å². The maximum atomic E-state index is 13.7. The maximum Gasteiger partial charge on any atom is 0.124 e. The summed E-state index contributed by atoms with van der Waals surface area (Å²) < 4.78 is 19.6. The quantitative estimate of drug-likeness (QED) is 0.712. The molecule has 22 heavy (non-hydrogen) atoms. The van der Waals surface area contributed by atoms with E-state index in [4.69, 9.17) is 4.74 Å². The number of halogens is 1. The van der Waals surface area contributed by atoms with E-state index in [1.54, 1.807) is 6.20 Å². The molecule has 0 unspecified atom stereocenters. The minimum atomic E-state index is -0.256. The van der Waals surface area contributed by atoms with E-state index in [1.807, 2.05) is 18.2 Å². The van der Waals surface area contributed by atoms with E-state index in [9.17, 15) is 4.39 Å². The Kier molecular flexibility index (Phi) is 3.26. The second kappa shape index (κ2) is 5.41. The van der Waals surface area contributed by atoms with Crippen molar-refractivity contribution in [1.82, 2.24) is 4.98 Å². The topological polar surface area (TPSA) is 22.1 Å². The smallest absolute Gasteiger partial charge is 0.124 e. The second-order valence-electron chi connectivity index (χ2n) is 5.71. The van der Waals surface area contributed by atoms with Gasteiger partial charge in [0, 0.05) is 17.1 Å². The first kappa shape index (κ1) is 13.3. The largest absolute Gasteiger partial charge is 0.489 e. The molecule has 2 aromatic carbocycles. The number of nitrogens with zero attached hydrogens (tertiary/aromatic N) is 1. The minimum absolute atomic E-state index is 0.256. The molecule has 3 aromatic rings. The van der Waals surface area contributed by atoms with Gasteiger partial charge in [0.2, 0.25) is 0 Å². The van der Waals surface area contributed by atoms with Gasteiger partial charge in [-0.25, -0.2) is 4.39 Å². The molecule has 0 saturated carbocycles. The average molecular weight is 293 g/mol. The predicted octanol–water partition coefficient (Wildman–Crippen LogP) is 4.44. The Morgan fingerprint density at radius 3 is 2.91 bits per heavy atom. The Balaban J connectivity index is 1.61. The molecule has 0 bridgehead atoms. The highest BCUT2D eigenvalue weighted by atomic mass is 19.1. The molecule has 1 aliphatic rings. The normalized spacial score (nSPS) is 13.3. The van der Waals surface area contributed by atoms with Gasteiger partial charge < -0.3 is 4.74 Å². The van der Waals surface area contributed by atoms with Crippen LogP contribution in [0.1, 0.15) is 23.1 Å². The molecule has 4 rings (SSSR count). The third kappa shape index (κ3) is 2.43. The van der Waals surface area contributed by atoms with Crippen molar-refractivity contribution in [2.24, 2.45) is 0 Å². The van der Waals surface area contributed by atoms with Crippen LogP contribution in [-0.2, 0) is 19.4 Å². The van der Waals surface area contributed by atoms with Gasteiger partial charge in [-0.05, 0) is 60.7 Å². The highest BCUT2D eigenvalue weighted by Gasteiger charge is 2.12. The summed E-state index contributed by atoms with van der Waals surface area (Å²) in [4.78, 5) is 4.35. The highest BCUT2D eigenvalue weighted by molar-refractivity contribution is 5.81. The van der Waals surface area contributed by atoms with Crippen LogP contribution in [0.15, 0.2) is 48.7 Å². The van der Waals surface area contributed by atoms with Crippen LogP contribution >= 0.6 is 0 Å². The van der Waals surface area contributed by atoms with Gasteiger partial charge in [0.05, 0.1) is 5.52 Å². The number of hydrogen-bond acceptors (Lipinski definition) is 2. The molecular formula is C19H16FNO. The SMILES string of the molecule is Fc1cc(COc2ccc3c(c2)CCC3)c2ncccc2c1. The lowest BCUT2D eigenvalue weighted by Gasteiger charge is -2.10. The summed E-state index contributed by atoms with van der Waals surface area (Å²) in [6.07, 6.45) is 5.22. The number of fused-ring (bicyclic) bond motifs is 2. The molecule has 0 N–H and O–H groups in total. The molecule has 0 radical (unpaired) electrons. The van der Waals surface area contributed by atoms with E-state index in [1.165, 1.54) is 29.7 Å². The van der Waals surface area contributed by atoms with Crippen molar-refractivity contribution in [3.05, 3.63) is 71.2 Å². The van der Waals surface area contributed by atoms with Crippen molar-refractivity contribution >= 4 is 10.9 Å². The Morgan fingerprint density at radius 1 is 1.05 bits per heavy atom. The zero-order chi connectivity index (χ0) is 14.9. The monoisotopic (exact) mass is 293 g/mol. The third-order valence-corrected chi connectivity index (χ3v) is 4.21. The summed E-state index contributed by atoms with van der Waals surface area (Å²) >= 11 is 0. The molecule has 0 spiro atoms. The molecule has 1 aromatic heterocycles. The van der Waals surface area contributed by atoms with Crippen molar-refractivity contribution in [1.29, 1.82) is 0 Å². The van der Waals surface area contributed by atoms with E-state index in [0.717, 1.165) is 35.1 Å². The zero-order valence-corrected chi connectivity index (χ0v) is 12.2. The first-order valence-corrected chi connectivity index (χ1v) is 7.57. The standard InChI is InChI=1S/C19H16FNO/c20-17-9-15-5-2-8-21-19(15)16(10-17)12-22-18-7-6-13-3-1-4-14(13)11-18/h2,5-11H,1,3-4,12H2. The van der Waals surface area contributed by atoms with Gasteiger partial charge in [-0.1, -0.05) is 12.1 Å². The van der Waals surface area contributed by atoms with Crippen LogP contribution in [0.25, 0.3) is 10.9 Å². The number of aryl methyl sites for hydroxylation is 2. The Bertz CT molecular complexity index is 844. The molecule has 2 nitrogen and oxygen atoms in total. The molecule has 3 heteroatoms. The average Bonchev–Trinajstić information content (AvgIpc) is 3.00. The Hall–Kier alpha value is -2.42.